The highest BCUT2D eigenvalue weighted by Crippen LogP contribution is 2.29. The lowest BCUT2D eigenvalue weighted by molar-refractivity contribution is -0.117. The Morgan fingerprint density at radius 3 is 3.06 bits per heavy atom. The topological polar surface area (TPSA) is 32.3 Å². The molecule has 0 bridgehead atoms. The average molecular weight is 216 g/mol. The highest BCUT2D eigenvalue weighted by atomic mass is 16.2. The molecule has 1 amide bonds. The summed E-state index contributed by atoms with van der Waals surface area (Å²) in [6.45, 7) is 3.02. The lowest BCUT2D eigenvalue weighted by Gasteiger charge is -2.21. The summed E-state index contributed by atoms with van der Waals surface area (Å²) < 4.78 is 0. The molecule has 84 valence electrons. The van der Waals surface area contributed by atoms with E-state index in [1.807, 2.05) is 17.0 Å². The van der Waals surface area contributed by atoms with Gasteiger partial charge in [0.05, 0.1) is 6.42 Å². The van der Waals surface area contributed by atoms with Crippen molar-refractivity contribution in [2.24, 2.45) is 5.92 Å². The van der Waals surface area contributed by atoms with E-state index in [1.165, 1.54) is 12.0 Å². The van der Waals surface area contributed by atoms with Gasteiger partial charge in [0, 0.05) is 12.2 Å². The van der Waals surface area contributed by atoms with Gasteiger partial charge in [-0.15, -0.1) is 0 Å². The smallest absolute Gasteiger partial charge is 0.231 e. The third kappa shape index (κ3) is 1.61. The van der Waals surface area contributed by atoms with Crippen LogP contribution >= 0.6 is 0 Å². The van der Waals surface area contributed by atoms with Crippen molar-refractivity contribution in [3.8, 4) is 0 Å². The Labute approximate surface area is 95.4 Å². The SMILES string of the molecule is O=C1Cc2ccccc2N1CC1CCNC1. The Balaban J connectivity index is 1.81. The summed E-state index contributed by atoms with van der Waals surface area (Å²) in [5, 5.41) is 3.35. The fraction of sp³-hybridized carbons (Fsp3) is 0.462. The van der Waals surface area contributed by atoms with E-state index in [2.05, 4.69) is 17.4 Å². The summed E-state index contributed by atoms with van der Waals surface area (Å²) in [6, 6.07) is 8.13. The van der Waals surface area contributed by atoms with E-state index in [9.17, 15) is 4.79 Å². The maximum absolute atomic E-state index is 11.9. The monoisotopic (exact) mass is 216 g/mol. The number of benzene rings is 1. The van der Waals surface area contributed by atoms with Gasteiger partial charge in [-0.25, -0.2) is 0 Å². The molecule has 1 aromatic carbocycles. The van der Waals surface area contributed by atoms with Crippen molar-refractivity contribution in [2.45, 2.75) is 12.8 Å². The molecule has 1 fully saturated rings. The number of hydrogen-bond acceptors (Lipinski definition) is 2. The Morgan fingerprint density at radius 1 is 1.38 bits per heavy atom. The van der Waals surface area contributed by atoms with Gasteiger partial charge in [0.1, 0.15) is 0 Å². The highest BCUT2D eigenvalue weighted by molar-refractivity contribution is 6.01. The number of anilines is 1. The highest BCUT2D eigenvalue weighted by Gasteiger charge is 2.29. The number of para-hydroxylation sites is 1. The van der Waals surface area contributed by atoms with E-state index >= 15 is 0 Å². The first-order valence-corrected chi connectivity index (χ1v) is 5.93. The first-order valence-electron chi connectivity index (χ1n) is 5.93. The molecule has 16 heavy (non-hydrogen) atoms. The number of carbonyl (C=O) groups is 1. The van der Waals surface area contributed by atoms with Gasteiger partial charge in [-0.2, -0.15) is 0 Å². The summed E-state index contributed by atoms with van der Waals surface area (Å²) in [5.41, 5.74) is 2.30. The van der Waals surface area contributed by atoms with Gasteiger partial charge < -0.3 is 10.2 Å². The normalized spacial score (nSPS) is 23.9. The largest absolute Gasteiger partial charge is 0.316 e. The molecule has 1 saturated heterocycles. The molecule has 0 saturated carbocycles. The van der Waals surface area contributed by atoms with Crippen molar-refractivity contribution < 1.29 is 4.79 Å². The van der Waals surface area contributed by atoms with E-state index in [-0.39, 0.29) is 5.91 Å². The maximum Gasteiger partial charge on any atom is 0.231 e. The molecule has 3 rings (SSSR count). The van der Waals surface area contributed by atoms with Crippen LogP contribution in [-0.2, 0) is 11.2 Å². The van der Waals surface area contributed by atoms with Crippen LogP contribution in [0.15, 0.2) is 24.3 Å². The summed E-state index contributed by atoms with van der Waals surface area (Å²) in [6.07, 6.45) is 1.77. The van der Waals surface area contributed by atoms with Crippen LogP contribution in [0.5, 0.6) is 0 Å². The minimum absolute atomic E-state index is 0.258. The maximum atomic E-state index is 11.9. The van der Waals surface area contributed by atoms with Crippen LogP contribution < -0.4 is 10.2 Å². The van der Waals surface area contributed by atoms with Crippen molar-refractivity contribution in [3.63, 3.8) is 0 Å². The molecule has 3 heteroatoms. The second-order valence-corrected chi connectivity index (χ2v) is 4.67. The minimum Gasteiger partial charge on any atom is -0.316 e. The van der Waals surface area contributed by atoms with E-state index in [4.69, 9.17) is 0 Å². The van der Waals surface area contributed by atoms with Gasteiger partial charge in [0.15, 0.2) is 0 Å². The third-order valence-electron chi connectivity index (χ3n) is 3.53. The van der Waals surface area contributed by atoms with Gasteiger partial charge in [0.25, 0.3) is 0 Å². The number of rotatable bonds is 2. The second-order valence-electron chi connectivity index (χ2n) is 4.67. The summed E-state index contributed by atoms with van der Waals surface area (Å²) in [7, 11) is 0. The predicted molar refractivity (Wildman–Crippen MR) is 63.5 cm³/mol. The molecule has 1 N–H and O–H groups in total. The molecule has 2 aliphatic heterocycles. The van der Waals surface area contributed by atoms with Crippen LogP contribution in [0.2, 0.25) is 0 Å². The molecule has 2 aliphatic rings. The van der Waals surface area contributed by atoms with E-state index < -0.39 is 0 Å². The predicted octanol–water partition coefficient (Wildman–Crippen LogP) is 1.19. The van der Waals surface area contributed by atoms with Crippen LogP contribution in [0.1, 0.15) is 12.0 Å². The second kappa shape index (κ2) is 3.91. The lowest BCUT2D eigenvalue weighted by Crippen LogP contribution is -2.33. The van der Waals surface area contributed by atoms with Crippen molar-refractivity contribution in [1.29, 1.82) is 0 Å². The van der Waals surface area contributed by atoms with Gasteiger partial charge in [-0.1, -0.05) is 18.2 Å². The fourth-order valence-electron chi connectivity index (χ4n) is 2.64. The number of hydrogen-bond donors (Lipinski definition) is 1. The van der Waals surface area contributed by atoms with Crippen LogP contribution in [0.4, 0.5) is 5.69 Å². The van der Waals surface area contributed by atoms with E-state index in [1.54, 1.807) is 0 Å². The van der Waals surface area contributed by atoms with Crippen LogP contribution in [0, 0.1) is 5.92 Å². The molecule has 0 radical (unpaired) electrons. The molecule has 1 aromatic rings. The number of carbonyl (C=O) groups excluding carboxylic acids is 1. The standard InChI is InChI=1S/C13H16N2O/c16-13-7-11-3-1-2-4-12(11)15(13)9-10-5-6-14-8-10/h1-4,10,14H,5-9H2. The average Bonchev–Trinajstić information content (AvgIpc) is 2.89. The zero-order valence-corrected chi connectivity index (χ0v) is 9.28. The van der Waals surface area contributed by atoms with Gasteiger partial charge in [-0.05, 0) is 37.1 Å². The van der Waals surface area contributed by atoms with Crippen LogP contribution in [0.3, 0.4) is 0 Å². The van der Waals surface area contributed by atoms with Crippen molar-refractivity contribution in [2.75, 3.05) is 24.5 Å². The summed E-state index contributed by atoms with van der Waals surface area (Å²) in [4.78, 5) is 13.9. The molecule has 2 heterocycles. The molecule has 0 aliphatic carbocycles. The fourth-order valence-corrected chi connectivity index (χ4v) is 2.64. The zero-order valence-electron chi connectivity index (χ0n) is 9.28. The zero-order chi connectivity index (χ0) is 11.0. The first-order chi connectivity index (χ1) is 7.84. The molecule has 1 unspecified atom stereocenters. The van der Waals surface area contributed by atoms with Gasteiger partial charge >= 0.3 is 0 Å². The first kappa shape index (κ1) is 9.85. The lowest BCUT2D eigenvalue weighted by atomic mass is 10.1. The number of amides is 1. The van der Waals surface area contributed by atoms with Crippen molar-refractivity contribution in [3.05, 3.63) is 29.8 Å². The molecule has 0 aromatic heterocycles. The number of fused-ring (bicyclic) bond motifs is 1. The Bertz CT molecular complexity index is 410. The summed E-state index contributed by atoms with van der Waals surface area (Å²) >= 11 is 0. The Hall–Kier alpha value is -1.35. The van der Waals surface area contributed by atoms with Crippen LogP contribution in [0.25, 0.3) is 0 Å². The van der Waals surface area contributed by atoms with Crippen LogP contribution in [-0.4, -0.2) is 25.5 Å². The molecule has 1 atom stereocenters. The Kier molecular flexibility index (Phi) is 2.40. The van der Waals surface area contributed by atoms with Gasteiger partial charge in [-0.3, -0.25) is 4.79 Å². The number of nitrogens with zero attached hydrogens (tertiary/aromatic N) is 1. The van der Waals surface area contributed by atoms with Crippen molar-refractivity contribution >= 4 is 11.6 Å². The van der Waals surface area contributed by atoms with Crippen molar-refractivity contribution in [1.82, 2.24) is 5.32 Å². The van der Waals surface area contributed by atoms with Gasteiger partial charge in [0.2, 0.25) is 5.91 Å². The quantitative estimate of drug-likeness (QED) is 0.805. The minimum atomic E-state index is 0.258. The Morgan fingerprint density at radius 2 is 2.25 bits per heavy atom. The molecular weight excluding hydrogens is 200 g/mol. The molecule has 3 nitrogen and oxygen atoms in total. The third-order valence-corrected chi connectivity index (χ3v) is 3.53. The molecular formula is C13H16N2O. The number of nitrogens with one attached hydrogen (secondary N) is 1. The van der Waals surface area contributed by atoms with E-state index in [0.29, 0.717) is 12.3 Å². The molecule has 0 spiro atoms. The van der Waals surface area contributed by atoms with E-state index in [0.717, 1.165) is 25.3 Å². The summed E-state index contributed by atoms with van der Waals surface area (Å²) in [5.74, 6) is 0.878.